The van der Waals surface area contributed by atoms with E-state index in [0.29, 0.717) is 23.1 Å². The van der Waals surface area contributed by atoms with Crippen molar-refractivity contribution in [2.24, 2.45) is 0 Å². The molecule has 0 spiro atoms. The minimum Gasteiger partial charge on any atom is -0.309 e. The number of halogens is 1. The number of amides is 1. The Morgan fingerprint density at radius 1 is 1.09 bits per heavy atom. The molecule has 0 saturated heterocycles. The number of hydrogen-bond donors (Lipinski definition) is 1. The van der Waals surface area contributed by atoms with Crippen LogP contribution in [0, 0.1) is 0 Å². The van der Waals surface area contributed by atoms with Gasteiger partial charge in [0, 0.05) is 24.3 Å². The predicted octanol–water partition coefficient (Wildman–Crippen LogP) is 4.53. The second kappa shape index (κ2) is 9.97. The highest BCUT2D eigenvalue weighted by atomic mass is 35.5. The van der Waals surface area contributed by atoms with Crippen LogP contribution in [0.5, 0.6) is 0 Å². The van der Waals surface area contributed by atoms with Crippen molar-refractivity contribution in [3.05, 3.63) is 77.1 Å². The van der Waals surface area contributed by atoms with E-state index in [9.17, 15) is 4.79 Å². The summed E-state index contributed by atoms with van der Waals surface area (Å²) in [6, 6.07) is 15.5. The Morgan fingerprint density at radius 2 is 1.84 bits per heavy atom. The van der Waals surface area contributed by atoms with Crippen LogP contribution >= 0.6 is 11.6 Å². The van der Waals surface area contributed by atoms with E-state index in [4.69, 9.17) is 11.6 Å². The molecule has 7 nitrogen and oxygen atoms in total. The Bertz CT molecular complexity index is 1210. The molecule has 0 saturated carbocycles. The number of nitrogens with zero attached hydrogens (tertiary/aromatic N) is 5. The second-order valence-corrected chi connectivity index (χ2v) is 7.98. The molecule has 0 aliphatic carbocycles. The van der Waals surface area contributed by atoms with Crippen LogP contribution in [0.15, 0.2) is 60.9 Å². The standard InChI is InChI=1S/C24H27ClN6O/c1-3-29(4-2)13-14-31-22-12-8-7-11-21(22)27-24(31)28-23(32)19-15-26-30(17-19)16-18-9-5-6-10-20(18)25/h5-12,15,17H,3-4,13-14,16H2,1-2H3,(H,27,28,32). The summed E-state index contributed by atoms with van der Waals surface area (Å²) in [7, 11) is 0. The van der Waals surface area contributed by atoms with E-state index in [1.165, 1.54) is 0 Å². The van der Waals surface area contributed by atoms with E-state index in [2.05, 4.69) is 38.7 Å². The normalized spacial score (nSPS) is 11.4. The summed E-state index contributed by atoms with van der Waals surface area (Å²) in [6.45, 7) is 8.38. The van der Waals surface area contributed by atoms with E-state index in [1.807, 2.05) is 48.5 Å². The number of rotatable bonds is 9. The number of para-hydroxylation sites is 2. The van der Waals surface area contributed by atoms with Crippen LogP contribution in [-0.4, -0.2) is 49.8 Å². The van der Waals surface area contributed by atoms with Gasteiger partial charge in [-0.15, -0.1) is 0 Å². The highest BCUT2D eigenvalue weighted by Gasteiger charge is 2.16. The van der Waals surface area contributed by atoms with E-state index >= 15 is 0 Å². The number of carbonyl (C=O) groups excluding carboxylic acids is 1. The fourth-order valence-electron chi connectivity index (χ4n) is 3.72. The van der Waals surface area contributed by atoms with Gasteiger partial charge in [-0.05, 0) is 36.9 Å². The van der Waals surface area contributed by atoms with Crippen LogP contribution < -0.4 is 5.32 Å². The van der Waals surface area contributed by atoms with Crippen LogP contribution in [0.1, 0.15) is 29.8 Å². The predicted molar refractivity (Wildman–Crippen MR) is 128 cm³/mol. The maximum Gasteiger partial charge on any atom is 0.261 e. The lowest BCUT2D eigenvalue weighted by molar-refractivity contribution is 0.102. The van der Waals surface area contributed by atoms with Crippen molar-refractivity contribution in [1.29, 1.82) is 0 Å². The summed E-state index contributed by atoms with van der Waals surface area (Å²) < 4.78 is 3.78. The largest absolute Gasteiger partial charge is 0.309 e. The number of aromatic nitrogens is 4. The van der Waals surface area contributed by atoms with Gasteiger partial charge in [-0.25, -0.2) is 4.98 Å². The second-order valence-electron chi connectivity index (χ2n) is 7.57. The summed E-state index contributed by atoms with van der Waals surface area (Å²) in [4.78, 5) is 20.0. The van der Waals surface area contributed by atoms with Gasteiger partial charge in [0.25, 0.3) is 5.91 Å². The third-order valence-corrected chi connectivity index (χ3v) is 5.97. The number of benzene rings is 2. The van der Waals surface area contributed by atoms with Crippen LogP contribution in [0.2, 0.25) is 5.02 Å². The molecule has 2 aromatic heterocycles. The van der Waals surface area contributed by atoms with Crippen molar-refractivity contribution in [1.82, 2.24) is 24.2 Å². The Labute approximate surface area is 192 Å². The minimum atomic E-state index is -0.241. The van der Waals surface area contributed by atoms with Crippen molar-refractivity contribution >= 4 is 34.5 Å². The third kappa shape index (κ3) is 4.84. The Balaban J connectivity index is 1.53. The molecule has 2 heterocycles. The fourth-order valence-corrected chi connectivity index (χ4v) is 3.92. The SMILES string of the molecule is CCN(CC)CCn1c(NC(=O)c2cnn(Cc3ccccc3Cl)c2)nc2ccccc21. The average molecular weight is 451 g/mol. The maximum absolute atomic E-state index is 13.0. The van der Waals surface area contributed by atoms with Crippen LogP contribution in [0.25, 0.3) is 11.0 Å². The highest BCUT2D eigenvalue weighted by molar-refractivity contribution is 6.31. The first-order chi connectivity index (χ1) is 15.6. The number of anilines is 1. The molecule has 0 aliphatic rings. The quantitative estimate of drug-likeness (QED) is 0.407. The summed E-state index contributed by atoms with van der Waals surface area (Å²) in [5.74, 6) is 0.303. The van der Waals surface area contributed by atoms with E-state index in [1.54, 1.807) is 17.1 Å². The molecule has 0 fully saturated rings. The first-order valence-electron chi connectivity index (χ1n) is 10.8. The van der Waals surface area contributed by atoms with Crippen LogP contribution in [-0.2, 0) is 13.1 Å². The zero-order chi connectivity index (χ0) is 22.5. The molecular weight excluding hydrogens is 424 g/mol. The molecule has 4 rings (SSSR count). The van der Waals surface area contributed by atoms with Crippen molar-refractivity contribution in [2.75, 3.05) is 25.0 Å². The monoisotopic (exact) mass is 450 g/mol. The van der Waals surface area contributed by atoms with Crippen molar-refractivity contribution in [3.63, 3.8) is 0 Å². The van der Waals surface area contributed by atoms with E-state index in [0.717, 1.165) is 42.8 Å². The van der Waals surface area contributed by atoms with Crippen LogP contribution in [0.3, 0.4) is 0 Å². The lowest BCUT2D eigenvalue weighted by Crippen LogP contribution is -2.27. The molecule has 0 bridgehead atoms. The number of fused-ring (bicyclic) bond motifs is 1. The van der Waals surface area contributed by atoms with Crippen molar-refractivity contribution < 1.29 is 4.79 Å². The number of imidazole rings is 1. The lowest BCUT2D eigenvalue weighted by Gasteiger charge is -2.19. The molecule has 0 aliphatic heterocycles. The molecule has 0 unspecified atom stereocenters. The average Bonchev–Trinajstić information content (AvgIpc) is 3.41. The number of carbonyl (C=O) groups is 1. The molecule has 1 N–H and O–H groups in total. The molecular formula is C24H27ClN6O. The summed E-state index contributed by atoms with van der Waals surface area (Å²) >= 11 is 6.24. The van der Waals surface area contributed by atoms with Gasteiger partial charge in [-0.2, -0.15) is 5.10 Å². The third-order valence-electron chi connectivity index (χ3n) is 5.60. The molecule has 166 valence electrons. The first kappa shape index (κ1) is 22.0. The molecule has 8 heteroatoms. The van der Waals surface area contributed by atoms with Gasteiger partial charge < -0.3 is 9.47 Å². The Kier molecular flexibility index (Phi) is 6.87. The van der Waals surface area contributed by atoms with E-state index < -0.39 is 0 Å². The summed E-state index contributed by atoms with van der Waals surface area (Å²) in [5, 5.41) is 7.98. The van der Waals surface area contributed by atoms with Gasteiger partial charge in [-0.1, -0.05) is 55.8 Å². The van der Waals surface area contributed by atoms with Gasteiger partial charge >= 0.3 is 0 Å². The van der Waals surface area contributed by atoms with Crippen molar-refractivity contribution in [2.45, 2.75) is 26.9 Å². The molecule has 4 aromatic rings. The number of nitrogens with one attached hydrogen (secondary N) is 1. The number of hydrogen-bond acceptors (Lipinski definition) is 4. The van der Waals surface area contributed by atoms with Gasteiger partial charge in [0.05, 0.1) is 29.3 Å². The summed E-state index contributed by atoms with van der Waals surface area (Å²) in [5.41, 5.74) is 3.28. The maximum atomic E-state index is 13.0. The van der Waals surface area contributed by atoms with Gasteiger partial charge in [0.2, 0.25) is 5.95 Å². The molecule has 32 heavy (non-hydrogen) atoms. The van der Waals surface area contributed by atoms with Crippen LogP contribution in [0.4, 0.5) is 5.95 Å². The lowest BCUT2D eigenvalue weighted by atomic mass is 10.2. The zero-order valence-electron chi connectivity index (χ0n) is 18.3. The van der Waals surface area contributed by atoms with Gasteiger partial charge in [0.15, 0.2) is 0 Å². The number of likely N-dealkylation sites (N-methyl/N-ethyl adjacent to an activating group) is 1. The van der Waals surface area contributed by atoms with Crippen molar-refractivity contribution in [3.8, 4) is 0 Å². The Morgan fingerprint density at radius 3 is 2.62 bits per heavy atom. The smallest absolute Gasteiger partial charge is 0.261 e. The van der Waals surface area contributed by atoms with E-state index in [-0.39, 0.29) is 5.91 Å². The fraction of sp³-hybridized carbons (Fsp3) is 0.292. The topological polar surface area (TPSA) is 68.0 Å². The molecule has 0 atom stereocenters. The molecule has 0 radical (unpaired) electrons. The van der Waals surface area contributed by atoms with Gasteiger partial charge in [0.1, 0.15) is 0 Å². The highest BCUT2D eigenvalue weighted by Crippen LogP contribution is 2.21. The zero-order valence-corrected chi connectivity index (χ0v) is 19.1. The minimum absolute atomic E-state index is 0.241. The molecule has 1 amide bonds. The summed E-state index contributed by atoms with van der Waals surface area (Å²) in [6.07, 6.45) is 3.29. The molecule has 2 aromatic carbocycles. The van der Waals surface area contributed by atoms with Gasteiger partial charge in [-0.3, -0.25) is 14.8 Å². The Hall–Kier alpha value is -3.16. The first-order valence-corrected chi connectivity index (χ1v) is 11.2.